The van der Waals surface area contributed by atoms with E-state index >= 15 is 0 Å². The van der Waals surface area contributed by atoms with E-state index in [0.717, 1.165) is 28.2 Å². The zero-order valence-corrected chi connectivity index (χ0v) is 11.0. The summed E-state index contributed by atoms with van der Waals surface area (Å²) in [5.41, 5.74) is 2.21. The lowest BCUT2D eigenvalue weighted by atomic mass is 10.2. The molecule has 2 N–H and O–H groups in total. The molecule has 0 saturated heterocycles. The minimum absolute atomic E-state index is 0.0490. The molecule has 0 bridgehead atoms. The van der Waals surface area contributed by atoms with Crippen LogP contribution in [0.25, 0.3) is 10.2 Å². The summed E-state index contributed by atoms with van der Waals surface area (Å²) in [6.07, 6.45) is 2.23. The zero-order chi connectivity index (χ0) is 12.5. The van der Waals surface area contributed by atoms with E-state index in [4.69, 9.17) is 0 Å². The molecule has 0 radical (unpaired) electrons. The topological polar surface area (TPSA) is 54.0 Å². The molecule has 1 aliphatic rings. The smallest absolute Gasteiger partial charge is 0.239 e. The van der Waals surface area contributed by atoms with Crippen molar-refractivity contribution >= 4 is 32.6 Å². The highest BCUT2D eigenvalue weighted by Gasteiger charge is 2.22. The lowest BCUT2D eigenvalue weighted by Gasteiger charge is -2.03. The van der Waals surface area contributed by atoms with Gasteiger partial charge in [-0.15, -0.1) is 0 Å². The van der Waals surface area contributed by atoms with Gasteiger partial charge in [0.25, 0.3) is 0 Å². The van der Waals surface area contributed by atoms with E-state index in [-0.39, 0.29) is 5.91 Å². The minimum atomic E-state index is 0.0490. The van der Waals surface area contributed by atoms with E-state index in [1.54, 1.807) is 11.3 Å². The number of rotatable bonds is 4. The van der Waals surface area contributed by atoms with Gasteiger partial charge >= 0.3 is 0 Å². The summed E-state index contributed by atoms with van der Waals surface area (Å²) in [6, 6.07) is 6.59. The maximum absolute atomic E-state index is 11.5. The van der Waals surface area contributed by atoms with Crippen LogP contribution in [0.3, 0.4) is 0 Å². The van der Waals surface area contributed by atoms with Gasteiger partial charge in [-0.3, -0.25) is 4.79 Å². The fourth-order valence-electron chi connectivity index (χ4n) is 1.77. The monoisotopic (exact) mass is 261 g/mol. The first-order chi connectivity index (χ1) is 8.70. The number of aromatic nitrogens is 1. The van der Waals surface area contributed by atoms with Gasteiger partial charge < -0.3 is 10.6 Å². The number of amides is 1. The first-order valence-electron chi connectivity index (χ1n) is 6.11. The molecule has 1 aromatic carbocycles. The van der Waals surface area contributed by atoms with E-state index in [1.807, 2.05) is 12.1 Å². The van der Waals surface area contributed by atoms with Gasteiger partial charge in [0.15, 0.2) is 5.13 Å². The van der Waals surface area contributed by atoms with Crippen molar-refractivity contribution in [3.63, 3.8) is 0 Å². The average Bonchev–Trinajstić information content (AvgIpc) is 3.04. The van der Waals surface area contributed by atoms with Crippen molar-refractivity contribution in [1.82, 2.24) is 10.3 Å². The highest BCUT2D eigenvalue weighted by Crippen LogP contribution is 2.26. The van der Waals surface area contributed by atoms with Crippen LogP contribution in [0.5, 0.6) is 0 Å². The number of hydrogen-bond acceptors (Lipinski definition) is 4. The molecule has 5 heteroatoms. The summed E-state index contributed by atoms with van der Waals surface area (Å²) in [5, 5.41) is 6.83. The molecule has 94 valence electrons. The summed E-state index contributed by atoms with van der Waals surface area (Å²) >= 11 is 1.59. The molecule has 2 aromatic rings. The number of carbonyl (C=O) groups excluding carboxylic acids is 1. The number of anilines is 1. The second kappa shape index (κ2) is 4.57. The van der Waals surface area contributed by atoms with Crippen molar-refractivity contribution in [2.24, 2.45) is 0 Å². The number of fused-ring (bicyclic) bond motifs is 1. The van der Waals surface area contributed by atoms with E-state index in [9.17, 15) is 4.79 Å². The molecule has 1 aliphatic carbocycles. The average molecular weight is 261 g/mol. The maximum Gasteiger partial charge on any atom is 0.239 e. The van der Waals surface area contributed by atoms with Gasteiger partial charge in [0.2, 0.25) is 5.91 Å². The van der Waals surface area contributed by atoms with Gasteiger partial charge in [0.1, 0.15) is 0 Å². The molecule has 0 aliphatic heterocycles. The quantitative estimate of drug-likeness (QED) is 0.888. The van der Waals surface area contributed by atoms with Gasteiger partial charge in [-0.05, 0) is 37.5 Å². The predicted octanol–water partition coefficient (Wildman–Crippen LogP) is 2.30. The number of benzene rings is 1. The van der Waals surface area contributed by atoms with Gasteiger partial charge in [-0.2, -0.15) is 0 Å². The van der Waals surface area contributed by atoms with E-state index in [0.29, 0.717) is 12.6 Å². The summed E-state index contributed by atoms with van der Waals surface area (Å²) in [7, 11) is 0. The molecule has 4 nitrogen and oxygen atoms in total. The van der Waals surface area contributed by atoms with Crippen molar-refractivity contribution in [2.45, 2.75) is 25.8 Å². The summed E-state index contributed by atoms with van der Waals surface area (Å²) in [6.45, 7) is 2.37. The molecule has 1 saturated carbocycles. The normalized spacial score (nSPS) is 14.7. The highest BCUT2D eigenvalue weighted by atomic mass is 32.1. The van der Waals surface area contributed by atoms with Crippen molar-refractivity contribution in [2.75, 3.05) is 11.9 Å². The molecule has 1 heterocycles. The molecule has 3 rings (SSSR count). The number of nitrogens with zero attached hydrogens (tertiary/aromatic N) is 1. The van der Waals surface area contributed by atoms with E-state index in [1.165, 1.54) is 5.56 Å². The number of hydrogen-bond donors (Lipinski definition) is 2. The maximum atomic E-state index is 11.5. The first kappa shape index (κ1) is 11.5. The van der Waals surface area contributed by atoms with Crippen molar-refractivity contribution in [1.29, 1.82) is 0 Å². The molecule has 18 heavy (non-hydrogen) atoms. The fraction of sp³-hybridized carbons (Fsp3) is 0.385. The Balaban J connectivity index is 1.64. The summed E-state index contributed by atoms with van der Waals surface area (Å²) < 4.78 is 1.15. The third-order valence-electron chi connectivity index (χ3n) is 2.89. The number of carbonyl (C=O) groups is 1. The molecular formula is C13H15N3OS. The highest BCUT2D eigenvalue weighted by molar-refractivity contribution is 7.22. The fourth-order valence-corrected chi connectivity index (χ4v) is 2.73. The van der Waals surface area contributed by atoms with Crippen molar-refractivity contribution in [3.8, 4) is 0 Å². The lowest BCUT2D eigenvalue weighted by molar-refractivity contribution is -0.119. The van der Waals surface area contributed by atoms with Crippen LogP contribution >= 0.6 is 11.3 Å². The Morgan fingerprint density at radius 1 is 1.50 bits per heavy atom. The minimum Gasteiger partial charge on any atom is -0.352 e. The number of aryl methyl sites for hydroxylation is 1. The third-order valence-corrected chi connectivity index (χ3v) is 3.86. The van der Waals surface area contributed by atoms with Gasteiger partial charge in [-0.1, -0.05) is 17.4 Å². The van der Waals surface area contributed by atoms with Gasteiger partial charge in [0.05, 0.1) is 16.8 Å². The van der Waals surface area contributed by atoms with Crippen LogP contribution < -0.4 is 10.6 Å². The van der Waals surface area contributed by atoms with E-state index in [2.05, 4.69) is 28.6 Å². The second-order valence-corrected chi connectivity index (χ2v) is 5.72. The largest absolute Gasteiger partial charge is 0.352 e. The van der Waals surface area contributed by atoms with Crippen LogP contribution in [0.2, 0.25) is 0 Å². The second-order valence-electron chi connectivity index (χ2n) is 4.69. The van der Waals surface area contributed by atoms with E-state index < -0.39 is 0 Å². The van der Waals surface area contributed by atoms with Gasteiger partial charge in [0, 0.05) is 6.04 Å². The molecule has 0 atom stereocenters. The van der Waals surface area contributed by atoms with Crippen molar-refractivity contribution in [3.05, 3.63) is 23.8 Å². The number of thiazole rings is 1. The molecule has 1 amide bonds. The molecule has 0 unspecified atom stereocenters. The van der Waals surface area contributed by atoms with Crippen LogP contribution in [0.4, 0.5) is 5.13 Å². The molecule has 0 spiro atoms. The standard InChI is InChI=1S/C13H15N3OS/c1-8-2-5-10-11(6-8)18-13(16-10)14-7-12(17)15-9-3-4-9/h2,5-6,9H,3-4,7H2,1H3,(H,14,16)(H,15,17). The van der Waals surface area contributed by atoms with Crippen molar-refractivity contribution < 1.29 is 4.79 Å². The molecule has 1 fully saturated rings. The Morgan fingerprint density at radius 3 is 3.11 bits per heavy atom. The Morgan fingerprint density at radius 2 is 2.33 bits per heavy atom. The van der Waals surface area contributed by atoms with Crippen LogP contribution in [-0.4, -0.2) is 23.5 Å². The Kier molecular flexibility index (Phi) is 2.91. The van der Waals surface area contributed by atoms with Crippen LogP contribution in [-0.2, 0) is 4.79 Å². The Hall–Kier alpha value is -1.62. The lowest BCUT2D eigenvalue weighted by Crippen LogP contribution is -2.31. The molecule has 1 aromatic heterocycles. The SMILES string of the molecule is Cc1ccc2nc(NCC(=O)NC3CC3)sc2c1. The molecular weight excluding hydrogens is 246 g/mol. The van der Waals surface area contributed by atoms with Crippen LogP contribution in [0.15, 0.2) is 18.2 Å². The summed E-state index contributed by atoms with van der Waals surface area (Å²) in [4.78, 5) is 16.0. The first-order valence-corrected chi connectivity index (χ1v) is 6.93. The predicted molar refractivity (Wildman–Crippen MR) is 74.0 cm³/mol. The number of nitrogens with one attached hydrogen (secondary N) is 2. The van der Waals surface area contributed by atoms with Crippen LogP contribution in [0.1, 0.15) is 18.4 Å². The third kappa shape index (κ3) is 2.61. The Labute approximate surface area is 109 Å². The summed E-state index contributed by atoms with van der Waals surface area (Å²) in [5.74, 6) is 0.0490. The Bertz CT molecular complexity index is 589. The zero-order valence-electron chi connectivity index (χ0n) is 10.2. The van der Waals surface area contributed by atoms with Gasteiger partial charge in [-0.25, -0.2) is 4.98 Å². The van der Waals surface area contributed by atoms with Crippen LogP contribution in [0, 0.1) is 6.92 Å².